The first-order valence-corrected chi connectivity index (χ1v) is 4.99. The topological polar surface area (TPSA) is 45.6 Å². The van der Waals surface area contributed by atoms with E-state index < -0.39 is 0 Å². The summed E-state index contributed by atoms with van der Waals surface area (Å²) in [6.07, 6.45) is 1.53. The molecule has 1 atom stereocenters. The van der Waals surface area contributed by atoms with Crippen LogP contribution in [0.1, 0.15) is 13.3 Å². The van der Waals surface area contributed by atoms with Crippen molar-refractivity contribution in [2.24, 2.45) is 5.10 Å². The largest absolute Gasteiger partial charge is 0.301 e. The smallest absolute Gasteiger partial charge is 0.151 e. The zero-order chi connectivity index (χ0) is 10.8. The van der Waals surface area contributed by atoms with Crippen molar-refractivity contribution in [3.63, 3.8) is 0 Å². The van der Waals surface area contributed by atoms with Gasteiger partial charge in [-0.3, -0.25) is 0 Å². The number of pyridine rings is 1. The first-order chi connectivity index (χ1) is 7.20. The van der Waals surface area contributed by atoms with Crippen molar-refractivity contribution in [1.29, 1.82) is 0 Å². The predicted molar refractivity (Wildman–Crippen MR) is 59.3 cm³/mol. The van der Waals surface area contributed by atoms with E-state index in [-0.39, 0.29) is 6.04 Å². The molecule has 15 heavy (non-hydrogen) atoms. The fourth-order valence-electron chi connectivity index (χ4n) is 1.54. The molecule has 4 nitrogen and oxygen atoms in total. The van der Waals surface area contributed by atoms with Crippen LogP contribution in [-0.2, 0) is 4.79 Å². The van der Waals surface area contributed by atoms with E-state index in [4.69, 9.17) is 11.6 Å². The molecule has 0 aromatic carbocycles. The lowest BCUT2D eigenvalue weighted by molar-refractivity contribution is -0.108. The highest BCUT2D eigenvalue weighted by atomic mass is 35.5. The van der Waals surface area contributed by atoms with E-state index in [2.05, 4.69) is 10.1 Å². The molecule has 1 aliphatic heterocycles. The minimum absolute atomic E-state index is 0.254. The fourth-order valence-corrected chi connectivity index (χ4v) is 1.70. The summed E-state index contributed by atoms with van der Waals surface area (Å²) in [5.74, 6) is 0.608. The van der Waals surface area contributed by atoms with Gasteiger partial charge in [0, 0.05) is 12.1 Å². The van der Waals surface area contributed by atoms with Crippen LogP contribution in [0.5, 0.6) is 0 Å². The Morgan fingerprint density at radius 2 is 2.40 bits per heavy atom. The molecule has 0 aliphatic carbocycles. The summed E-state index contributed by atoms with van der Waals surface area (Å²) in [5, 5.41) is 6.25. The molecule has 2 rings (SSSR count). The molecule has 78 valence electrons. The van der Waals surface area contributed by atoms with E-state index in [9.17, 15) is 4.79 Å². The van der Waals surface area contributed by atoms with Crippen LogP contribution in [-0.4, -0.2) is 23.0 Å². The van der Waals surface area contributed by atoms with E-state index in [0.29, 0.717) is 17.4 Å². The molecular weight excluding hydrogens is 214 g/mol. The number of rotatable bonds is 2. The third-order valence-electron chi connectivity index (χ3n) is 2.19. The van der Waals surface area contributed by atoms with Gasteiger partial charge in [-0.05, 0) is 19.1 Å². The molecule has 1 unspecified atom stereocenters. The van der Waals surface area contributed by atoms with Crippen LogP contribution in [0.3, 0.4) is 0 Å². The molecule has 0 fully saturated rings. The quantitative estimate of drug-likeness (QED) is 0.568. The summed E-state index contributed by atoms with van der Waals surface area (Å²) in [4.78, 5) is 15.0. The highest BCUT2D eigenvalue weighted by Crippen LogP contribution is 2.22. The Balaban J connectivity index is 2.33. The third-order valence-corrected chi connectivity index (χ3v) is 2.40. The summed E-state index contributed by atoms with van der Waals surface area (Å²) in [6, 6.07) is 5.00. The van der Waals surface area contributed by atoms with E-state index >= 15 is 0 Å². The van der Waals surface area contributed by atoms with Gasteiger partial charge in [0.25, 0.3) is 0 Å². The third kappa shape index (κ3) is 1.99. The van der Waals surface area contributed by atoms with Gasteiger partial charge in [0.05, 0.1) is 0 Å². The molecule has 0 amide bonds. The van der Waals surface area contributed by atoms with Crippen molar-refractivity contribution in [2.75, 3.05) is 5.01 Å². The number of hydrazone groups is 1. The monoisotopic (exact) mass is 223 g/mol. The van der Waals surface area contributed by atoms with Gasteiger partial charge in [0.2, 0.25) is 0 Å². The average Bonchev–Trinajstić information content (AvgIpc) is 2.59. The molecule has 0 bridgehead atoms. The second-order valence-electron chi connectivity index (χ2n) is 3.41. The normalized spacial score (nSPS) is 20.3. The number of halogens is 1. The highest BCUT2D eigenvalue weighted by Gasteiger charge is 2.25. The minimum atomic E-state index is -0.254. The minimum Gasteiger partial charge on any atom is -0.301 e. The van der Waals surface area contributed by atoms with Crippen LogP contribution >= 0.6 is 11.6 Å². The molecule has 0 N–H and O–H groups in total. The van der Waals surface area contributed by atoms with Crippen molar-refractivity contribution < 1.29 is 4.79 Å². The Bertz CT molecular complexity index is 419. The van der Waals surface area contributed by atoms with Gasteiger partial charge in [-0.25, -0.2) is 9.99 Å². The number of anilines is 1. The van der Waals surface area contributed by atoms with Gasteiger partial charge in [-0.1, -0.05) is 17.7 Å². The molecular formula is C10H10ClN3O. The second-order valence-corrected chi connectivity index (χ2v) is 3.79. The first-order valence-electron chi connectivity index (χ1n) is 4.62. The number of carbonyl (C=O) groups is 1. The molecule has 0 radical (unpaired) electrons. The maximum atomic E-state index is 10.8. The Morgan fingerprint density at radius 3 is 3.07 bits per heavy atom. The Hall–Kier alpha value is -1.42. The highest BCUT2D eigenvalue weighted by molar-refractivity contribution is 6.29. The average molecular weight is 224 g/mol. The number of nitrogens with zero attached hydrogens (tertiary/aromatic N) is 3. The van der Waals surface area contributed by atoms with Crippen LogP contribution in [0.4, 0.5) is 5.82 Å². The summed E-state index contributed by atoms with van der Waals surface area (Å²) < 4.78 is 0. The molecule has 1 aliphatic rings. The number of aromatic nitrogens is 1. The summed E-state index contributed by atoms with van der Waals surface area (Å²) >= 11 is 5.78. The molecule has 0 spiro atoms. The van der Waals surface area contributed by atoms with Crippen LogP contribution in [0.25, 0.3) is 0 Å². The summed E-state index contributed by atoms with van der Waals surface area (Å²) in [6.45, 7) is 1.89. The van der Waals surface area contributed by atoms with Gasteiger partial charge in [0.1, 0.15) is 17.5 Å². The Kier molecular flexibility index (Phi) is 2.68. The summed E-state index contributed by atoms with van der Waals surface area (Å²) in [7, 11) is 0. The lowest BCUT2D eigenvalue weighted by Gasteiger charge is -2.17. The van der Waals surface area contributed by atoms with Crippen molar-refractivity contribution in [2.45, 2.75) is 19.4 Å². The zero-order valence-electron chi connectivity index (χ0n) is 8.22. The van der Waals surface area contributed by atoms with Crippen molar-refractivity contribution >= 4 is 29.4 Å². The second kappa shape index (κ2) is 3.98. The number of hydrogen-bond acceptors (Lipinski definition) is 4. The molecule has 5 heteroatoms. The lowest BCUT2D eigenvalue weighted by Crippen LogP contribution is -2.28. The standard InChI is InChI=1S/C10H10ClN3O/c1-7-5-8(6-15)14(13-7)10-4-2-3-9(11)12-10/h2-4,6,8H,5H2,1H3. The van der Waals surface area contributed by atoms with E-state index in [1.165, 1.54) is 0 Å². The van der Waals surface area contributed by atoms with Gasteiger partial charge >= 0.3 is 0 Å². The molecule has 0 saturated heterocycles. The van der Waals surface area contributed by atoms with Gasteiger partial charge in [-0.2, -0.15) is 5.10 Å². The summed E-state index contributed by atoms with van der Waals surface area (Å²) in [5.41, 5.74) is 0.925. The van der Waals surface area contributed by atoms with Crippen molar-refractivity contribution in [3.8, 4) is 0 Å². The maximum absolute atomic E-state index is 10.8. The maximum Gasteiger partial charge on any atom is 0.151 e. The predicted octanol–water partition coefficient (Wildman–Crippen LogP) is 1.89. The number of carbonyl (C=O) groups excluding carboxylic acids is 1. The van der Waals surface area contributed by atoms with Crippen molar-refractivity contribution in [3.05, 3.63) is 23.4 Å². The van der Waals surface area contributed by atoms with Crippen molar-refractivity contribution in [1.82, 2.24) is 4.98 Å². The fraction of sp³-hybridized carbons (Fsp3) is 0.300. The Labute approximate surface area is 92.6 Å². The first kappa shape index (κ1) is 10.1. The molecule has 0 saturated carbocycles. The van der Waals surface area contributed by atoms with Gasteiger partial charge in [-0.15, -0.1) is 0 Å². The van der Waals surface area contributed by atoms with Crippen LogP contribution in [0, 0.1) is 0 Å². The van der Waals surface area contributed by atoms with E-state index in [0.717, 1.165) is 12.0 Å². The molecule has 2 heterocycles. The number of aldehydes is 1. The number of hydrogen-bond donors (Lipinski definition) is 0. The zero-order valence-corrected chi connectivity index (χ0v) is 8.98. The van der Waals surface area contributed by atoms with Gasteiger partial charge in [0.15, 0.2) is 5.82 Å². The SMILES string of the molecule is CC1=NN(c2cccc(Cl)n2)C(C=O)C1. The molecule has 1 aromatic heterocycles. The van der Waals surface area contributed by atoms with Gasteiger partial charge < -0.3 is 4.79 Å². The lowest BCUT2D eigenvalue weighted by atomic mass is 10.2. The Morgan fingerprint density at radius 1 is 1.60 bits per heavy atom. The van der Waals surface area contributed by atoms with Crippen LogP contribution in [0.2, 0.25) is 5.15 Å². The van der Waals surface area contributed by atoms with E-state index in [1.807, 2.05) is 6.92 Å². The van der Waals surface area contributed by atoms with Crippen LogP contribution < -0.4 is 5.01 Å². The van der Waals surface area contributed by atoms with E-state index in [1.54, 1.807) is 23.2 Å². The molecule has 1 aromatic rings. The van der Waals surface area contributed by atoms with Crippen LogP contribution in [0.15, 0.2) is 23.3 Å².